The second kappa shape index (κ2) is 8.76. The number of anilines is 1. The van der Waals surface area contributed by atoms with Crippen LogP contribution in [0.5, 0.6) is 0 Å². The number of morpholine rings is 1. The van der Waals surface area contributed by atoms with Gasteiger partial charge >= 0.3 is 0 Å². The summed E-state index contributed by atoms with van der Waals surface area (Å²) in [7, 11) is 0. The molecule has 1 saturated heterocycles. The number of ether oxygens (including phenoxy) is 1. The molecule has 0 unspecified atom stereocenters. The summed E-state index contributed by atoms with van der Waals surface area (Å²) in [6.07, 6.45) is 2.63. The Balaban J connectivity index is 1.47. The van der Waals surface area contributed by atoms with Crippen LogP contribution in [-0.4, -0.2) is 41.1 Å². The molecule has 152 valence electrons. The summed E-state index contributed by atoms with van der Waals surface area (Å²) < 4.78 is 5.79. The summed E-state index contributed by atoms with van der Waals surface area (Å²) in [6.45, 7) is 0.220. The lowest BCUT2D eigenvalue weighted by Crippen LogP contribution is -2.52. The van der Waals surface area contributed by atoms with Crippen LogP contribution >= 0.6 is 0 Å². The maximum atomic E-state index is 12.5. The first-order valence-corrected chi connectivity index (χ1v) is 10.1. The third kappa shape index (κ3) is 4.33. The largest absolute Gasteiger partial charge is 0.394 e. The van der Waals surface area contributed by atoms with Crippen molar-refractivity contribution in [3.05, 3.63) is 65.7 Å². The Morgan fingerprint density at radius 2 is 1.83 bits per heavy atom. The first-order chi connectivity index (χ1) is 14.2. The Bertz CT molecular complexity index is 849. The fraction of sp³-hybridized carbons (Fsp3) is 0.391. The molecule has 4 rings (SSSR count). The predicted octanol–water partition coefficient (Wildman–Crippen LogP) is 2.89. The summed E-state index contributed by atoms with van der Waals surface area (Å²) >= 11 is 0. The molecule has 1 saturated carbocycles. The molecule has 6 heteroatoms. The fourth-order valence-electron chi connectivity index (χ4n) is 3.87. The van der Waals surface area contributed by atoms with Crippen molar-refractivity contribution in [3.8, 4) is 0 Å². The van der Waals surface area contributed by atoms with Crippen LogP contribution in [0.2, 0.25) is 0 Å². The maximum absolute atomic E-state index is 12.5. The van der Waals surface area contributed by atoms with Crippen LogP contribution in [0.3, 0.4) is 0 Å². The predicted molar refractivity (Wildman–Crippen MR) is 109 cm³/mol. The van der Waals surface area contributed by atoms with E-state index in [1.165, 1.54) is 0 Å². The minimum atomic E-state index is -0.466. The molecule has 2 fully saturated rings. The van der Waals surface area contributed by atoms with E-state index in [1.54, 1.807) is 4.90 Å². The molecule has 0 spiro atoms. The second-order valence-electron chi connectivity index (χ2n) is 7.73. The van der Waals surface area contributed by atoms with E-state index in [-0.39, 0.29) is 30.9 Å². The molecule has 0 bridgehead atoms. The molecule has 1 aliphatic heterocycles. The number of aliphatic hydroxyl groups is 1. The van der Waals surface area contributed by atoms with Gasteiger partial charge in [0.2, 0.25) is 11.8 Å². The van der Waals surface area contributed by atoms with E-state index >= 15 is 0 Å². The SMILES string of the molecule is O=C(Nc1ccc([C@H]2OCC(=O)N(Cc3ccccc3)[C@@H]2CO)cc1)C1CCC1. The average molecular weight is 394 g/mol. The first kappa shape index (κ1) is 19.6. The van der Waals surface area contributed by atoms with Crippen LogP contribution in [0.4, 0.5) is 5.69 Å². The van der Waals surface area contributed by atoms with Crippen LogP contribution in [-0.2, 0) is 20.9 Å². The highest BCUT2D eigenvalue weighted by Gasteiger charge is 2.37. The van der Waals surface area contributed by atoms with Gasteiger partial charge in [-0.1, -0.05) is 48.9 Å². The van der Waals surface area contributed by atoms with E-state index in [0.29, 0.717) is 6.54 Å². The smallest absolute Gasteiger partial charge is 0.249 e. The van der Waals surface area contributed by atoms with E-state index in [0.717, 1.165) is 36.1 Å². The van der Waals surface area contributed by atoms with E-state index in [4.69, 9.17) is 4.74 Å². The van der Waals surface area contributed by atoms with Gasteiger partial charge < -0.3 is 20.1 Å². The Morgan fingerprint density at radius 1 is 1.10 bits per heavy atom. The van der Waals surface area contributed by atoms with E-state index < -0.39 is 12.1 Å². The number of aliphatic hydroxyl groups excluding tert-OH is 1. The molecule has 2 aromatic rings. The zero-order chi connectivity index (χ0) is 20.2. The molecule has 2 amide bonds. The third-order valence-electron chi connectivity index (χ3n) is 5.82. The molecule has 2 N–H and O–H groups in total. The topological polar surface area (TPSA) is 78.9 Å². The number of benzene rings is 2. The van der Waals surface area contributed by atoms with Crippen LogP contribution in [0, 0.1) is 5.92 Å². The summed E-state index contributed by atoms with van der Waals surface area (Å²) in [5.74, 6) is 0.0759. The average Bonchev–Trinajstić information content (AvgIpc) is 2.69. The molecule has 2 aliphatic rings. The zero-order valence-corrected chi connectivity index (χ0v) is 16.3. The molecule has 6 nitrogen and oxygen atoms in total. The lowest BCUT2D eigenvalue weighted by Gasteiger charge is -2.40. The van der Waals surface area contributed by atoms with Crippen molar-refractivity contribution in [2.24, 2.45) is 5.92 Å². The highest BCUT2D eigenvalue weighted by atomic mass is 16.5. The Kier molecular flexibility index (Phi) is 5.92. The Labute approximate surface area is 170 Å². The van der Waals surface area contributed by atoms with Gasteiger partial charge in [-0.3, -0.25) is 9.59 Å². The zero-order valence-electron chi connectivity index (χ0n) is 16.3. The second-order valence-corrected chi connectivity index (χ2v) is 7.73. The number of hydrogen-bond donors (Lipinski definition) is 2. The van der Waals surface area contributed by atoms with Crippen molar-refractivity contribution in [2.45, 2.75) is 38.0 Å². The highest BCUT2D eigenvalue weighted by molar-refractivity contribution is 5.93. The van der Waals surface area contributed by atoms with Crippen molar-refractivity contribution in [1.82, 2.24) is 4.90 Å². The molecule has 0 aromatic heterocycles. The van der Waals surface area contributed by atoms with Gasteiger partial charge in [-0.05, 0) is 36.1 Å². The van der Waals surface area contributed by atoms with Crippen LogP contribution in [0.1, 0.15) is 36.5 Å². The number of hydrogen-bond acceptors (Lipinski definition) is 4. The summed E-state index contributed by atoms with van der Waals surface area (Å²) in [5, 5.41) is 13.0. The van der Waals surface area contributed by atoms with Crippen LogP contribution < -0.4 is 5.32 Å². The Morgan fingerprint density at radius 3 is 2.45 bits per heavy atom. The van der Waals surface area contributed by atoms with Gasteiger partial charge in [0.1, 0.15) is 12.7 Å². The molecule has 1 heterocycles. The van der Waals surface area contributed by atoms with Crippen LogP contribution in [0.25, 0.3) is 0 Å². The standard InChI is InChI=1S/C23H26N2O4/c26-14-20-22(29-15-21(27)25(20)13-16-5-2-1-3-6-16)17-9-11-19(12-10-17)24-23(28)18-7-4-8-18/h1-3,5-6,9-12,18,20,22,26H,4,7-8,13-15H2,(H,24,28)/t20-,22-/m1/s1. The number of nitrogens with one attached hydrogen (secondary N) is 1. The van der Waals surface area contributed by atoms with Gasteiger partial charge in [-0.15, -0.1) is 0 Å². The third-order valence-corrected chi connectivity index (χ3v) is 5.82. The lowest BCUT2D eigenvalue weighted by atomic mass is 9.85. The molecule has 2 atom stereocenters. The number of amides is 2. The summed E-state index contributed by atoms with van der Waals surface area (Å²) in [5.41, 5.74) is 2.63. The molecule has 1 aliphatic carbocycles. The monoisotopic (exact) mass is 394 g/mol. The van der Waals surface area contributed by atoms with Gasteiger partial charge in [-0.25, -0.2) is 0 Å². The van der Waals surface area contributed by atoms with E-state index in [9.17, 15) is 14.7 Å². The van der Waals surface area contributed by atoms with Crippen molar-refractivity contribution in [1.29, 1.82) is 0 Å². The van der Waals surface area contributed by atoms with Gasteiger partial charge in [0.05, 0.1) is 12.6 Å². The van der Waals surface area contributed by atoms with Crippen molar-refractivity contribution < 1.29 is 19.4 Å². The minimum Gasteiger partial charge on any atom is -0.394 e. The molecule has 29 heavy (non-hydrogen) atoms. The lowest BCUT2D eigenvalue weighted by molar-refractivity contribution is -0.162. The summed E-state index contributed by atoms with van der Waals surface area (Å²) in [4.78, 5) is 26.3. The first-order valence-electron chi connectivity index (χ1n) is 10.1. The summed E-state index contributed by atoms with van der Waals surface area (Å²) in [6, 6.07) is 16.7. The van der Waals surface area contributed by atoms with Gasteiger partial charge in [0, 0.05) is 18.2 Å². The maximum Gasteiger partial charge on any atom is 0.249 e. The number of carbonyl (C=O) groups is 2. The van der Waals surface area contributed by atoms with E-state index in [1.807, 2.05) is 54.6 Å². The van der Waals surface area contributed by atoms with Crippen molar-refractivity contribution in [2.75, 3.05) is 18.5 Å². The van der Waals surface area contributed by atoms with Gasteiger partial charge in [-0.2, -0.15) is 0 Å². The normalized spacial score (nSPS) is 22.2. The van der Waals surface area contributed by atoms with Gasteiger partial charge in [0.25, 0.3) is 0 Å². The Hall–Kier alpha value is -2.70. The van der Waals surface area contributed by atoms with Gasteiger partial charge in [0.15, 0.2) is 0 Å². The number of nitrogens with zero attached hydrogens (tertiary/aromatic N) is 1. The van der Waals surface area contributed by atoms with Crippen molar-refractivity contribution in [3.63, 3.8) is 0 Å². The van der Waals surface area contributed by atoms with Crippen molar-refractivity contribution >= 4 is 17.5 Å². The number of carbonyl (C=O) groups excluding carboxylic acids is 2. The molecule has 0 radical (unpaired) electrons. The molecular weight excluding hydrogens is 368 g/mol. The fourth-order valence-corrected chi connectivity index (χ4v) is 3.87. The quantitative estimate of drug-likeness (QED) is 0.790. The molecule has 2 aromatic carbocycles. The van der Waals surface area contributed by atoms with Crippen LogP contribution in [0.15, 0.2) is 54.6 Å². The van der Waals surface area contributed by atoms with E-state index in [2.05, 4.69) is 5.32 Å². The highest BCUT2D eigenvalue weighted by Crippen LogP contribution is 2.31. The molecular formula is C23H26N2O4. The number of rotatable bonds is 6. The minimum absolute atomic E-state index is 0.0197.